The molecule has 18 nitrogen and oxygen atoms in total. The quantitative estimate of drug-likeness (QED) is 0.0582. The van der Waals surface area contributed by atoms with E-state index in [2.05, 4.69) is 4.98 Å². The number of halogens is 3. The number of ether oxygens (including phenoxy) is 10. The second kappa shape index (κ2) is 26.0. The van der Waals surface area contributed by atoms with Gasteiger partial charge in [-0.15, -0.1) is 0 Å². The number of anilines is 1. The van der Waals surface area contributed by atoms with Crippen LogP contribution in [0.2, 0.25) is 0 Å². The van der Waals surface area contributed by atoms with Crippen molar-refractivity contribution in [3.63, 3.8) is 0 Å². The Labute approximate surface area is 342 Å². The van der Waals surface area contributed by atoms with Crippen molar-refractivity contribution >= 4 is 28.7 Å². The Morgan fingerprint density at radius 1 is 0.767 bits per heavy atom. The zero-order valence-electron chi connectivity index (χ0n) is 32.8. The van der Waals surface area contributed by atoms with E-state index >= 15 is 0 Å². The van der Waals surface area contributed by atoms with Gasteiger partial charge in [-0.05, 0) is 29.7 Å². The molecule has 2 unspecified atom stereocenters. The predicted molar refractivity (Wildman–Crippen MR) is 205 cm³/mol. The van der Waals surface area contributed by atoms with Crippen molar-refractivity contribution in [2.75, 3.05) is 124 Å². The summed E-state index contributed by atoms with van der Waals surface area (Å²) in [5.74, 6) is 0. The van der Waals surface area contributed by atoms with Crippen molar-refractivity contribution < 1.29 is 85.4 Å². The molecule has 0 bridgehead atoms. The van der Waals surface area contributed by atoms with E-state index in [-0.39, 0.29) is 135 Å². The summed E-state index contributed by atoms with van der Waals surface area (Å²) in [5.41, 5.74) is -1.53. The highest BCUT2D eigenvalue weighted by atomic mass is 19.4. The van der Waals surface area contributed by atoms with E-state index < -0.39 is 54.5 Å². The Balaban J connectivity index is 1.34. The Bertz CT molecular complexity index is 1780. The number of carbonyl (C=O) groups is 2. The third kappa shape index (κ3) is 16.2. The molecule has 2 aromatic carbocycles. The van der Waals surface area contributed by atoms with Gasteiger partial charge in [-0.25, -0.2) is 9.59 Å². The molecule has 1 fully saturated rings. The fraction of sp³-hybridized carbons (Fsp3) is 0.564. The molecule has 1 saturated heterocycles. The average Bonchev–Trinajstić information content (AvgIpc) is 3.61. The van der Waals surface area contributed by atoms with Crippen LogP contribution >= 0.6 is 0 Å². The van der Waals surface area contributed by atoms with Crippen LogP contribution in [0, 0.1) is 0 Å². The van der Waals surface area contributed by atoms with Crippen LogP contribution < -0.4 is 10.5 Å². The Morgan fingerprint density at radius 3 is 1.95 bits per heavy atom. The van der Waals surface area contributed by atoms with Crippen LogP contribution in [0.25, 0.3) is 22.0 Å². The average molecular weight is 861 g/mol. The zero-order chi connectivity index (χ0) is 43.2. The molecule has 21 heteroatoms. The Kier molecular flexibility index (Phi) is 20.9. The molecular formula is C39H51F3N2O16. The molecule has 1 aliphatic rings. The molecule has 2 atom stereocenters. The number of alkyl halides is 3. The van der Waals surface area contributed by atoms with E-state index in [1.54, 1.807) is 0 Å². The number of amides is 1. The third-order valence-electron chi connectivity index (χ3n) is 8.44. The first-order valence-corrected chi connectivity index (χ1v) is 19.1. The summed E-state index contributed by atoms with van der Waals surface area (Å²) in [6, 6.07) is 10.7. The van der Waals surface area contributed by atoms with Gasteiger partial charge in [0.1, 0.15) is 12.7 Å². The van der Waals surface area contributed by atoms with Crippen molar-refractivity contribution in [1.82, 2.24) is 4.98 Å². The number of nitrogens with zero attached hydrogens (tertiary/aromatic N) is 1. The molecule has 0 radical (unpaired) electrons. The first kappa shape index (κ1) is 48.2. The topological polar surface area (TPSA) is 223 Å². The van der Waals surface area contributed by atoms with Crippen LogP contribution in [-0.4, -0.2) is 170 Å². The molecule has 334 valence electrons. The fourth-order valence-electron chi connectivity index (χ4n) is 5.68. The van der Waals surface area contributed by atoms with Gasteiger partial charge in [0.05, 0.1) is 118 Å². The summed E-state index contributed by atoms with van der Waals surface area (Å²) < 4.78 is 95.5. The molecule has 1 amide bonds. The molecule has 0 aliphatic carbocycles. The third-order valence-corrected chi connectivity index (χ3v) is 8.44. The summed E-state index contributed by atoms with van der Waals surface area (Å²) in [5, 5.41) is 27.1. The number of hydrogen-bond acceptors (Lipinski definition) is 16. The molecule has 3 aromatic rings. The number of aromatic amines is 1. The van der Waals surface area contributed by atoms with Crippen molar-refractivity contribution in [3.8, 4) is 11.3 Å². The zero-order valence-corrected chi connectivity index (χ0v) is 32.8. The SMILES string of the molecule is O=C(OCC1CN(c2ccc3cc(-c4ccccc4C(F)(F)F)[nH]c(=O)c3c2)C(=O)O1)OC(COCCOCCO)COC(COCCOCCO)COCCOCCO. The lowest BCUT2D eigenvalue weighted by Gasteiger charge is -2.23. The van der Waals surface area contributed by atoms with Crippen molar-refractivity contribution in [1.29, 1.82) is 0 Å². The maximum atomic E-state index is 13.7. The molecular weight excluding hydrogens is 809 g/mol. The van der Waals surface area contributed by atoms with E-state index in [1.807, 2.05) is 0 Å². The predicted octanol–water partition coefficient (Wildman–Crippen LogP) is 2.52. The normalized spacial score (nSPS) is 14.9. The van der Waals surface area contributed by atoms with Gasteiger partial charge in [-0.2, -0.15) is 13.2 Å². The first-order chi connectivity index (χ1) is 29.0. The molecule has 2 heterocycles. The highest BCUT2D eigenvalue weighted by Gasteiger charge is 2.35. The largest absolute Gasteiger partial charge is 0.508 e. The number of nitrogens with one attached hydrogen (secondary N) is 1. The lowest BCUT2D eigenvalue weighted by molar-refractivity contribution is -0.137. The van der Waals surface area contributed by atoms with Crippen molar-refractivity contribution in [2.45, 2.75) is 24.5 Å². The summed E-state index contributed by atoms with van der Waals surface area (Å²) in [6.07, 6.45) is -9.13. The molecule has 60 heavy (non-hydrogen) atoms. The van der Waals surface area contributed by atoms with Gasteiger partial charge in [-0.3, -0.25) is 9.69 Å². The minimum absolute atomic E-state index is 0.0262. The number of aromatic nitrogens is 1. The number of H-pyrrole nitrogens is 1. The summed E-state index contributed by atoms with van der Waals surface area (Å²) in [4.78, 5) is 42.6. The van der Waals surface area contributed by atoms with Crippen LogP contribution in [0.5, 0.6) is 0 Å². The first-order valence-electron chi connectivity index (χ1n) is 19.1. The fourth-order valence-corrected chi connectivity index (χ4v) is 5.68. The number of benzene rings is 2. The van der Waals surface area contributed by atoms with E-state index in [0.29, 0.717) is 5.39 Å². The number of cyclic esters (lactones) is 1. The maximum Gasteiger partial charge on any atom is 0.508 e. The standard InChI is InChI=1S/C39H51F3N2O16/c40-39(41,42)34-4-2-1-3-32(34)35-19-27-5-6-28(20-33(27)36(48)43-35)44-21-29(59-37(44)49)25-58-38(50)60-31(24-56-18-15-53-12-9-47)26-57-30(22-54-16-13-51-10-7-45)23-55-17-14-52-11-8-46/h1-6,19-20,29-31,45-47H,7-18,21-26H2,(H,43,48). The number of hydrogen-bond donors (Lipinski definition) is 4. The molecule has 4 N–H and O–H groups in total. The van der Waals surface area contributed by atoms with Gasteiger partial charge >= 0.3 is 18.4 Å². The smallest absolute Gasteiger partial charge is 0.440 e. The number of fused-ring (bicyclic) bond motifs is 1. The molecule has 0 saturated carbocycles. The highest BCUT2D eigenvalue weighted by molar-refractivity contribution is 5.94. The van der Waals surface area contributed by atoms with Gasteiger partial charge < -0.3 is 67.7 Å². The van der Waals surface area contributed by atoms with Gasteiger partial charge in [0, 0.05) is 22.3 Å². The van der Waals surface area contributed by atoms with Gasteiger partial charge in [0.25, 0.3) is 5.56 Å². The minimum Gasteiger partial charge on any atom is -0.440 e. The number of aliphatic hydroxyl groups excluding tert-OH is 3. The Hall–Kier alpha value is -4.42. The molecule has 1 aliphatic heterocycles. The number of aliphatic hydroxyl groups is 3. The van der Waals surface area contributed by atoms with E-state index in [9.17, 15) is 27.6 Å². The van der Waals surface area contributed by atoms with Gasteiger partial charge in [0.15, 0.2) is 12.2 Å². The van der Waals surface area contributed by atoms with Crippen LogP contribution in [0.1, 0.15) is 5.56 Å². The summed E-state index contributed by atoms with van der Waals surface area (Å²) >= 11 is 0. The van der Waals surface area contributed by atoms with Crippen molar-refractivity contribution in [2.24, 2.45) is 0 Å². The van der Waals surface area contributed by atoms with Crippen LogP contribution in [-0.2, 0) is 53.5 Å². The highest BCUT2D eigenvalue weighted by Crippen LogP contribution is 2.37. The van der Waals surface area contributed by atoms with Gasteiger partial charge in [0.2, 0.25) is 0 Å². The molecule has 4 rings (SSSR count). The summed E-state index contributed by atoms with van der Waals surface area (Å²) in [7, 11) is 0. The second-order valence-corrected chi connectivity index (χ2v) is 12.9. The molecule has 0 spiro atoms. The van der Waals surface area contributed by atoms with E-state index in [1.165, 1.54) is 47.4 Å². The second-order valence-electron chi connectivity index (χ2n) is 12.9. The van der Waals surface area contributed by atoms with Gasteiger partial charge in [-0.1, -0.05) is 24.3 Å². The monoisotopic (exact) mass is 860 g/mol. The number of rotatable bonds is 29. The number of carbonyl (C=O) groups excluding carboxylic acids is 2. The van der Waals surface area contributed by atoms with Crippen LogP contribution in [0.3, 0.4) is 0 Å². The lowest BCUT2D eigenvalue weighted by atomic mass is 10.0. The van der Waals surface area contributed by atoms with E-state index in [4.69, 9.17) is 62.7 Å². The molecule has 1 aromatic heterocycles. The lowest BCUT2D eigenvalue weighted by Crippen LogP contribution is -2.35. The van der Waals surface area contributed by atoms with Crippen molar-refractivity contribution in [3.05, 3.63) is 64.4 Å². The maximum absolute atomic E-state index is 13.7. The minimum atomic E-state index is -4.65. The van der Waals surface area contributed by atoms with E-state index in [0.717, 1.165) is 6.07 Å². The van der Waals surface area contributed by atoms with Crippen LogP contribution in [0.4, 0.5) is 28.4 Å². The Morgan fingerprint density at radius 2 is 1.35 bits per heavy atom. The summed E-state index contributed by atoms with van der Waals surface area (Å²) in [6.45, 7) is 0.488. The van der Waals surface area contributed by atoms with Crippen LogP contribution in [0.15, 0.2) is 53.3 Å². The number of pyridine rings is 1.